The highest BCUT2D eigenvalue weighted by atomic mass is 32.2. The van der Waals surface area contributed by atoms with E-state index in [4.69, 9.17) is 14.6 Å². The van der Waals surface area contributed by atoms with Gasteiger partial charge in [-0.05, 0) is 63.8 Å². The van der Waals surface area contributed by atoms with Gasteiger partial charge < -0.3 is 24.2 Å². The smallest absolute Gasteiger partial charge is 0.410 e. The zero-order valence-corrected chi connectivity index (χ0v) is 35.5. The van der Waals surface area contributed by atoms with Crippen molar-refractivity contribution in [2.45, 2.75) is 121 Å². The number of aromatic nitrogens is 2. The van der Waals surface area contributed by atoms with Crippen LogP contribution in [0.25, 0.3) is 10.9 Å². The molecule has 3 heterocycles. The molecule has 0 unspecified atom stereocenters. The molecule has 55 heavy (non-hydrogen) atoms. The number of benzene rings is 2. The Hall–Kier alpha value is -3.53. The standard InChI is InChI=1S/C40H59FN6O6SSi/c1-28(2)38(48)46-29(3)23-43(24-30(46)4)36-19-34(54(50,51)45(40(5)14-15-40)27-52-16-17-55(6,7)8)20-37-35(36)22-42-47(37)33-18-32(21-41)44(25-33)39(49)53-26-31-12-10-9-11-13-31/h9-13,19-20,22,28-30,32-33H,14-18,21,23-27H2,1-8H3/t29-,30+,32-,33+/m1/s1. The number of sulfonamides is 1. The van der Waals surface area contributed by atoms with Gasteiger partial charge >= 0.3 is 6.09 Å². The fourth-order valence-electron chi connectivity index (χ4n) is 7.90. The van der Waals surface area contributed by atoms with Crippen LogP contribution in [0.15, 0.2) is 53.6 Å². The number of amides is 2. The Morgan fingerprint density at radius 1 is 1.05 bits per heavy atom. The molecule has 2 aliphatic heterocycles. The lowest BCUT2D eigenvalue weighted by atomic mass is 10.0. The Bertz CT molecular complexity index is 1940. The molecule has 1 aliphatic carbocycles. The monoisotopic (exact) mass is 798 g/mol. The molecule has 302 valence electrons. The van der Waals surface area contributed by atoms with Gasteiger partial charge in [0, 0.05) is 68.9 Å². The van der Waals surface area contributed by atoms with Crippen molar-refractivity contribution < 1.29 is 31.9 Å². The van der Waals surface area contributed by atoms with Crippen LogP contribution in [0.1, 0.15) is 65.5 Å². The Labute approximate surface area is 327 Å². The van der Waals surface area contributed by atoms with Crippen molar-refractivity contribution in [2.75, 3.05) is 44.5 Å². The third-order valence-corrected chi connectivity index (χ3v) is 15.1. The molecule has 12 nitrogen and oxygen atoms in total. The zero-order valence-electron chi connectivity index (χ0n) is 33.7. The van der Waals surface area contributed by atoms with Crippen molar-refractivity contribution in [3.05, 3.63) is 54.2 Å². The molecule has 1 saturated carbocycles. The van der Waals surface area contributed by atoms with E-state index in [1.165, 1.54) is 9.21 Å². The maximum atomic E-state index is 14.9. The maximum absolute atomic E-state index is 14.9. The minimum Gasteiger partial charge on any atom is -0.445 e. The molecule has 0 spiro atoms. The maximum Gasteiger partial charge on any atom is 0.410 e. The van der Waals surface area contributed by atoms with Crippen LogP contribution in [-0.4, -0.2) is 116 Å². The Balaban J connectivity index is 1.36. The molecule has 3 aliphatic rings. The second kappa shape index (κ2) is 16.1. The van der Waals surface area contributed by atoms with Gasteiger partial charge in [-0.2, -0.15) is 9.40 Å². The average molecular weight is 799 g/mol. The molecule has 6 rings (SSSR count). The highest BCUT2D eigenvalue weighted by Gasteiger charge is 2.50. The van der Waals surface area contributed by atoms with Gasteiger partial charge in [-0.15, -0.1) is 0 Å². The fourth-order valence-corrected chi connectivity index (χ4v) is 10.4. The zero-order chi connectivity index (χ0) is 39.9. The second-order valence-corrected chi connectivity index (χ2v) is 25.0. The molecule has 15 heteroatoms. The minimum atomic E-state index is -4.08. The van der Waals surface area contributed by atoms with E-state index in [1.54, 1.807) is 23.0 Å². The number of rotatable bonds is 14. The van der Waals surface area contributed by atoms with Crippen LogP contribution in [0.3, 0.4) is 0 Å². The van der Waals surface area contributed by atoms with E-state index in [-0.39, 0.29) is 48.7 Å². The van der Waals surface area contributed by atoms with E-state index < -0.39 is 48.5 Å². The van der Waals surface area contributed by atoms with Crippen LogP contribution in [0.4, 0.5) is 14.9 Å². The number of anilines is 1. The summed E-state index contributed by atoms with van der Waals surface area (Å²) in [5, 5.41) is 5.55. The predicted molar refractivity (Wildman–Crippen MR) is 215 cm³/mol. The van der Waals surface area contributed by atoms with E-state index in [2.05, 4.69) is 24.5 Å². The number of halogens is 1. The van der Waals surface area contributed by atoms with Crippen molar-refractivity contribution in [3.63, 3.8) is 0 Å². The summed E-state index contributed by atoms with van der Waals surface area (Å²) in [7, 11) is -5.47. The van der Waals surface area contributed by atoms with E-state index in [0.29, 0.717) is 37.3 Å². The number of fused-ring (bicyclic) bond motifs is 1. The van der Waals surface area contributed by atoms with Gasteiger partial charge in [0.25, 0.3) is 0 Å². The molecule has 0 N–H and O–H groups in total. The highest BCUT2D eigenvalue weighted by molar-refractivity contribution is 7.89. The SMILES string of the molecule is CC(C)C(=O)N1[C@H](C)CN(c2cc(S(=O)(=O)N(COCC[Si](C)(C)C)C3(C)CC3)cc3c2cnn3[C@H]2C[C@H](CF)N(C(=O)OCc3ccccc3)C2)C[C@@H]1C. The van der Waals surface area contributed by atoms with Gasteiger partial charge in [-0.1, -0.05) is 63.8 Å². The van der Waals surface area contributed by atoms with Crippen LogP contribution in [0, 0.1) is 5.92 Å². The molecular weight excluding hydrogens is 740 g/mol. The summed E-state index contributed by atoms with van der Waals surface area (Å²) >= 11 is 0. The molecular formula is C40H59FN6O6SSi. The second-order valence-electron chi connectivity index (χ2n) is 17.6. The third kappa shape index (κ3) is 8.89. The molecule has 3 aromatic rings. The van der Waals surface area contributed by atoms with Gasteiger partial charge in [0.2, 0.25) is 15.9 Å². The number of carbonyl (C=O) groups is 2. The number of carbonyl (C=O) groups excluding carboxylic acids is 2. The number of hydrogen-bond donors (Lipinski definition) is 0. The summed E-state index contributed by atoms with van der Waals surface area (Å²) in [6.07, 6.45) is 2.90. The fraction of sp³-hybridized carbons (Fsp3) is 0.625. The van der Waals surface area contributed by atoms with E-state index in [0.717, 1.165) is 29.8 Å². The van der Waals surface area contributed by atoms with Crippen LogP contribution in [-0.2, 0) is 30.9 Å². The van der Waals surface area contributed by atoms with Gasteiger partial charge in [0.1, 0.15) is 20.0 Å². The number of piperazine rings is 1. The van der Waals surface area contributed by atoms with E-state index in [9.17, 15) is 22.4 Å². The average Bonchev–Trinajstić information content (AvgIpc) is 3.51. The summed E-state index contributed by atoms with van der Waals surface area (Å²) in [4.78, 5) is 32.2. The number of likely N-dealkylation sites (tertiary alicyclic amines) is 1. The van der Waals surface area contributed by atoms with Crippen molar-refractivity contribution in [2.24, 2.45) is 5.92 Å². The Morgan fingerprint density at radius 3 is 2.33 bits per heavy atom. The topological polar surface area (TPSA) is 118 Å². The van der Waals surface area contributed by atoms with E-state index >= 15 is 0 Å². The Morgan fingerprint density at radius 2 is 1.73 bits per heavy atom. The summed E-state index contributed by atoms with van der Waals surface area (Å²) < 4.78 is 59.2. The molecule has 0 radical (unpaired) electrons. The van der Waals surface area contributed by atoms with Crippen molar-refractivity contribution in [1.82, 2.24) is 23.9 Å². The summed E-state index contributed by atoms with van der Waals surface area (Å²) in [5.74, 6) is -0.0563. The molecule has 1 aromatic heterocycles. The largest absolute Gasteiger partial charge is 0.445 e. The highest BCUT2D eigenvalue weighted by Crippen LogP contribution is 2.45. The molecule has 4 atom stereocenters. The quantitative estimate of drug-likeness (QED) is 0.0984. The number of hydrogen-bond acceptors (Lipinski definition) is 8. The van der Waals surface area contributed by atoms with Gasteiger partial charge in [0.05, 0.1) is 28.7 Å². The molecule has 2 amide bonds. The first-order chi connectivity index (χ1) is 25.9. The van der Waals surface area contributed by atoms with E-state index in [1.807, 2.05) is 69.9 Å². The van der Waals surface area contributed by atoms with Crippen LogP contribution in [0.5, 0.6) is 0 Å². The summed E-state index contributed by atoms with van der Waals surface area (Å²) in [6.45, 7) is 17.6. The third-order valence-electron chi connectivity index (χ3n) is 11.4. The molecule has 2 saturated heterocycles. The van der Waals surface area contributed by atoms with Gasteiger partial charge in [-0.3, -0.25) is 9.48 Å². The number of nitrogens with zero attached hydrogens (tertiary/aromatic N) is 6. The van der Waals surface area contributed by atoms with Crippen LogP contribution >= 0.6 is 0 Å². The van der Waals surface area contributed by atoms with Crippen molar-refractivity contribution in [1.29, 1.82) is 0 Å². The van der Waals surface area contributed by atoms with Crippen molar-refractivity contribution >= 4 is 46.7 Å². The molecule has 3 fully saturated rings. The first-order valence-electron chi connectivity index (χ1n) is 19.7. The van der Waals surface area contributed by atoms with Crippen LogP contribution in [0.2, 0.25) is 25.7 Å². The first-order valence-corrected chi connectivity index (χ1v) is 24.8. The summed E-state index contributed by atoms with van der Waals surface area (Å²) in [6, 6.07) is 12.3. The van der Waals surface area contributed by atoms with Gasteiger partial charge in [0.15, 0.2) is 0 Å². The number of ether oxygens (including phenoxy) is 2. The predicted octanol–water partition coefficient (Wildman–Crippen LogP) is 6.90. The lowest BCUT2D eigenvalue weighted by Gasteiger charge is -2.46. The number of alkyl halides is 1. The Kier molecular flexibility index (Phi) is 12.1. The first kappa shape index (κ1) is 41.1. The van der Waals surface area contributed by atoms with Crippen LogP contribution < -0.4 is 4.90 Å². The normalized spacial score (nSPS) is 22.9. The molecule has 0 bridgehead atoms. The molecule has 2 aromatic carbocycles. The summed E-state index contributed by atoms with van der Waals surface area (Å²) in [5.41, 5.74) is 1.56. The van der Waals surface area contributed by atoms with Gasteiger partial charge in [-0.25, -0.2) is 17.6 Å². The lowest BCUT2D eigenvalue weighted by Crippen LogP contribution is -2.59. The minimum absolute atomic E-state index is 0.0408. The van der Waals surface area contributed by atoms with Crippen molar-refractivity contribution in [3.8, 4) is 0 Å². The lowest BCUT2D eigenvalue weighted by molar-refractivity contribution is -0.139.